The molecule has 0 spiro atoms. The maximum atomic E-state index is 12.7. The molecule has 6 heteroatoms. The summed E-state index contributed by atoms with van der Waals surface area (Å²) in [6, 6.07) is 10.1. The van der Waals surface area contributed by atoms with Crippen LogP contribution in [0.4, 0.5) is 0 Å². The number of hydrogen-bond donors (Lipinski definition) is 2. The molecule has 2 atom stereocenters. The zero-order chi connectivity index (χ0) is 18.8. The lowest BCUT2D eigenvalue weighted by atomic mass is 9.54. The van der Waals surface area contributed by atoms with E-state index in [2.05, 4.69) is 22.5 Å². The van der Waals surface area contributed by atoms with Crippen molar-refractivity contribution in [2.24, 2.45) is 11.1 Å². The lowest BCUT2D eigenvalue weighted by Gasteiger charge is -2.57. The zero-order valence-electron chi connectivity index (χ0n) is 15.7. The third-order valence-corrected chi connectivity index (χ3v) is 5.61. The van der Waals surface area contributed by atoms with Crippen molar-refractivity contribution in [3.05, 3.63) is 53.9 Å². The first kappa shape index (κ1) is 18.6. The molecule has 1 fully saturated rings. The standard InChI is InChI=1S/C20H28N4O2/c1-4-26-17-12-20(21,19(17,2)3)18(25)22-13-15-6-8-16(9-7-15)14-24-11-5-10-23-24/h5-11,17H,4,12-14,21H2,1-3H3,(H,22,25). The molecule has 2 unspecified atom stereocenters. The molecule has 2 aromatic rings. The Morgan fingerprint density at radius 2 is 2.04 bits per heavy atom. The molecule has 26 heavy (non-hydrogen) atoms. The average molecular weight is 356 g/mol. The highest BCUT2D eigenvalue weighted by Crippen LogP contribution is 2.49. The van der Waals surface area contributed by atoms with Crippen molar-refractivity contribution in [2.75, 3.05) is 6.61 Å². The van der Waals surface area contributed by atoms with Gasteiger partial charge in [-0.15, -0.1) is 0 Å². The van der Waals surface area contributed by atoms with Gasteiger partial charge in [0, 0.05) is 37.4 Å². The smallest absolute Gasteiger partial charge is 0.241 e. The van der Waals surface area contributed by atoms with Gasteiger partial charge >= 0.3 is 0 Å². The molecule has 1 aliphatic rings. The molecule has 0 saturated heterocycles. The van der Waals surface area contributed by atoms with E-state index in [9.17, 15) is 4.79 Å². The minimum atomic E-state index is -0.882. The average Bonchev–Trinajstić information content (AvgIpc) is 3.13. The van der Waals surface area contributed by atoms with Crippen LogP contribution in [-0.4, -0.2) is 33.9 Å². The molecule has 0 bridgehead atoms. The third-order valence-electron chi connectivity index (χ3n) is 5.61. The van der Waals surface area contributed by atoms with Crippen molar-refractivity contribution < 1.29 is 9.53 Å². The molecule has 0 radical (unpaired) electrons. The summed E-state index contributed by atoms with van der Waals surface area (Å²) in [5, 5.41) is 7.19. The molecule has 1 aromatic heterocycles. The lowest BCUT2D eigenvalue weighted by molar-refractivity contribution is -0.170. The van der Waals surface area contributed by atoms with Crippen LogP contribution in [0.3, 0.4) is 0 Å². The molecular weight excluding hydrogens is 328 g/mol. The van der Waals surface area contributed by atoms with E-state index in [1.165, 1.54) is 5.56 Å². The van der Waals surface area contributed by atoms with Gasteiger partial charge in [-0.05, 0) is 24.1 Å². The Morgan fingerprint density at radius 1 is 1.35 bits per heavy atom. The summed E-state index contributed by atoms with van der Waals surface area (Å²) < 4.78 is 7.57. The van der Waals surface area contributed by atoms with E-state index in [1.54, 1.807) is 6.20 Å². The largest absolute Gasteiger partial charge is 0.378 e. The summed E-state index contributed by atoms with van der Waals surface area (Å²) in [7, 11) is 0. The normalized spacial score (nSPS) is 24.1. The Morgan fingerprint density at radius 3 is 2.62 bits per heavy atom. The van der Waals surface area contributed by atoms with Gasteiger partial charge in [-0.3, -0.25) is 9.48 Å². The Bertz CT molecular complexity index is 740. The van der Waals surface area contributed by atoms with Crippen LogP contribution in [0.5, 0.6) is 0 Å². The number of nitrogens with zero attached hydrogens (tertiary/aromatic N) is 2. The van der Waals surface area contributed by atoms with E-state index in [1.807, 2.05) is 49.8 Å². The van der Waals surface area contributed by atoms with Gasteiger partial charge in [-0.2, -0.15) is 5.10 Å². The SMILES string of the molecule is CCOC1CC(N)(C(=O)NCc2ccc(Cn3cccn3)cc2)C1(C)C. The number of aromatic nitrogens is 2. The molecule has 1 aromatic carbocycles. The molecule has 1 saturated carbocycles. The predicted molar refractivity (Wildman–Crippen MR) is 100 cm³/mol. The van der Waals surface area contributed by atoms with E-state index < -0.39 is 5.54 Å². The predicted octanol–water partition coefficient (Wildman–Crippen LogP) is 2.08. The number of nitrogens with two attached hydrogens (primary N) is 1. The minimum Gasteiger partial charge on any atom is -0.378 e. The van der Waals surface area contributed by atoms with Crippen LogP contribution in [-0.2, 0) is 22.6 Å². The van der Waals surface area contributed by atoms with E-state index in [-0.39, 0.29) is 17.4 Å². The zero-order valence-corrected chi connectivity index (χ0v) is 15.7. The number of nitrogens with one attached hydrogen (secondary N) is 1. The molecule has 140 valence electrons. The van der Waals surface area contributed by atoms with Crippen LogP contribution in [0, 0.1) is 5.41 Å². The highest BCUT2D eigenvalue weighted by molar-refractivity contribution is 5.88. The summed E-state index contributed by atoms with van der Waals surface area (Å²) in [4.78, 5) is 12.7. The van der Waals surface area contributed by atoms with Gasteiger partial charge in [-0.1, -0.05) is 38.1 Å². The van der Waals surface area contributed by atoms with Crippen molar-refractivity contribution in [3.63, 3.8) is 0 Å². The lowest BCUT2D eigenvalue weighted by Crippen LogP contribution is -2.75. The molecule has 3 N–H and O–H groups in total. The first-order chi connectivity index (χ1) is 12.4. The van der Waals surface area contributed by atoms with Gasteiger partial charge in [0.2, 0.25) is 5.91 Å². The quantitative estimate of drug-likeness (QED) is 0.796. The monoisotopic (exact) mass is 356 g/mol. The van der Waals surface area contributed by atoms with Gasteiger partial charge in [-0.25, -0.2) is 0 Å². The third kappa shape index (κ3) is 3.39. The second kappa shape index (κ2) is 7.21. The van der Waals surface area contributed by atoms with E-state index in [4.69, 9.17) is 10.5 Å². The number of hydrogen-bond acceptors (Lipinski definition) is 4. The molecule has 3 rings (SSSR count). The first-order valence-corrected chi connectivity index (χ1v) is 9.11. The fraction of sp³-hybridized carbons (Fsp3) is 0.500. The number of carbonyl (C=O) groups is 1. The van der Waals surface area contributed by atoms with Gasteiger partial charge in [0.1, 0.15) is 5.54 Å². The summed E-state index contributed by atoms with van der Waals surface area (Å²) in [6.07, 6.45) is 4.29. The maximum absolute atomic E-state index is 12.7. The molecule has 0 aliphatic heterocycles. The van der Waals surface area contributed by atoms with Crippen molar-refractivity contribution in [3.8, 4) is 0 Å². The summed E-state index contributed by atoms with van der Waals surface area (Å²) in [5.74, 6) is -0.112. The van der Waals surface area contributed by atoms with Crippen LogP contribution < -0.4 is 11.1 Å². The first-order valence-electron chi connectivity index (χ1n) is 9.11. The number of ether oxygens (including phenoxy) is 1. The molecule has 1 amide bonds. The topological polar surface area (TPSA) is 82.2 Å². The summed E-state index contributed by atoms with van der Waals surface area (Å²) in [6.45, 7) is 7.80. The number of carbonyl (C=O) groups excluding carboxylic acids is 1. The van der Waals surface area contributed by atoms with Crippen LogP contribution in [0.2, 0.25) is 0 Å². The van der Waals surface area contributed by atoms with Crippen molar-refractivity contribution in [1.29, 1.82) is 0 Å². The van der Waals surface area contributed by atoms with Gasteiger partial charge in [0.15, 0.2) is 0 Å². The highest BCUT2D eigenvalue weighted by atomic mass is 16.5. The summed E-state index contributed by atoms with van der Waals surface area (Å²) >= 11 is 0. The fourth-order valence-corrected chi connectivity index (χ4v) is 3.50. The summed E-state index contributed by atoms with van der Waals surface area (Å²) in [5.41, 5.74) is 7.36. The van der Waals surface area contributed by atoms with Gasteiger partial charge in [0.05, 0.1) is 12.6 Å². The second-order valence-electron chi connectivity index (χ2n) is 7.54. The molecule has 1 aliphatic carbocycles. The van der Waals surface area contributed by atoms with E-state index >= 15 is 0 Å². The number of benzene rings is 1. The molecule has 1 heterocycles. The van der Waals surface area contributed by atoms with Crippen molar-refractivity contribution >= 4 is 5.91 Å². The fourth-order valence-electron chi connectivity index (χ4n) is 3.50. The number of amides is 1. The van der Waals surface area contributed by atoms with Crippen molar-refractivity contribution in [1.82, 2.24) is 15.1 Å². The highest BCUT2D eigenvalue weighted by Gasteiger charge is 2.62. The van der Waals surface area contributed by atoms with Crippen molar-refractivity contribution in [2.45, 2.75) is 51.9 Å². The van der Waals surface area contributed by atoms with Gasteiger partial charge < -0.3 is 15.8 Å². The van der Waals surface area contributed by atoms with Gasteiger partial charge in [0.25, 0.3) is 0 Å². The number of rotatable bonds is 7. The maximum Gasteiger partial charge on any atom is 0.241 e. The Labute approximate surface area is 154 Å². The molecular formula is C20H28N4O2. The van der Waals surface area contributed by atoms with Crippen LogP contribution in [0.1, 0.15) is 38.3 Å². The van der Waals surface area contributed by atoms with Crippen LogP contribution in [0.25, 0.3) is 0 Å². The molecule has 6 nitrogen and oxygen atoms in total. The minimum absolute atomic E-state index is 0.0322. The van der Waals surface area contributed by atoms with E-state index in [0.717, 1.165) is 12.1 Å². The Kier molecular flexibility index (Phi) is 5.16. The Hall–Kier alpha value is -2.18. The van der Waals surface area contributed by atoms with E-state index in [0.29, 0.717) is 19.6 Å². The van der Waals surface area contributed by atoms with Crippen LogP contribution >= 0.6 is 0 Å². The van der Waals surface area contributed by atoms with Crippen LogP contribution in [0.15, 0.2) is 42.7 Å². The Balaban J connectivity index is 1.55. The second-order valence-corrected chi connectivity index (χ2v) is 7.54.